The fourth-order valence-electron chi connectivity index (χ4n) is 5.79. The molecule has 0 spiro atoms. The van der Waals surface area contributed by atoms with Crippen LogP contribution in [0.2, 0.25) is 0 Å². The van der Waals surface area contributed by atoms with E-state index in [4.69, 9.17) is 4.74 Å². The van der Waals surface area contributed by atoms with Crippen molar-refractivity contribution >= 4 is 6.08 Å². The minimum atomic E-state index is -0.864. The zero-order valence-corrected chi connectivity index (χ0v) is 20.4. The molecule has 0 bridgehead atoms. The average Bonchev–Trinajstić information content (AvgIpc) is 2.82. The maximum atomic E-state index is 14.5. The van der Waals surface area contributed by atoms with Crippen LogP contribution in [0.4, 0.5) is 8.78 Å². The van der Waals surface area contributed by atoms with Gasteiger partial charge in [-0.05, 0) is 80.8 Å². The van der Waals surface area contributed by atoms with E-state index in [1.54, 1.807) is 18.2 Å². The van der Waals surface area contributed by atoms with E-state index < -0.39 is 11.6 Å². The lowest BCUT2D eigenvalue weighted by atomic mass is 9.68. The summed E-state index contributed by atoms with van der Waals surface area (Å²) in [6.07, 6.45) is 22.0. The topological polar surface area (TPSA) is 9.23 Å². The molecule has 3 heteroatoms. The van der Waals surface area contributed by atoms with Gasteiger partial charge in [-0.2, -0.15) is 4.39 Å². The molecule has 2 aliphatic rings. The van der Waals surface area contributed by atoms with E-state index in [0.29, 0.717) is 18.1 Å². The second-order valence-electron chi connectivity index (χ2n) is 10.3. The Morgan fingerprint density at radius 1 is 0.812 bits per heavy atom. The summed E-state index contributed by atoms with van der Waals surface area (Å²) in [5, 5.41) is 0. The van der Waals surface area contributed by atoms with Gasteiger partial charge in [-0.1, -0.05) is 70.9 Å². The molecule has 1 aromatic carbocycles. The molecule has 2 saturated carbocycles. The van der Waals surface area contributed by atoms with Crippen LogP contribution in [0.5, 0.6) is 5.75 Å². The smallest absolute Gasteiger partial charge is 0.201 e. The maximum absolute atomic E-state index is 14.5. The summed E-state index contributed by atoms with van der Waals surface area (Å²) in [7, 11) is 0. The van der Waals surface area contributed by atoms with E-state index in [9.17, 15) is 8.78 Å². The molecule has 0 unspecified atom stereocenters. The van der Waals surface area contributed by atoms with E-state index in [2.05, 4.69) is 13.0 Å². The molecular weight excluding hydrogens is 402 g/mol. The average molecular weight is 447 g/mol. The zero-order chi connectivity index (χ0) is 22.8. The van der Waals surface area contributed by atoms with Gasteiger partial charge in [0.05, 0.1) is 6.61 Å². The lowest BCUT2D eigenvalue weighted by Gasteiger charge is -2.37. The molecule has 180 valence electrons. The van der Waals surface area contributed by atoms with Gasteiger partial charge in [0.2, 0.25) is 5.82 Å². The number of rotatable bonds is 11. The Kier molecular flexibility index (Phi) is 10.5. The summed E-state index contributed by atoms with van der Waals surface area (Å²) >= 11 is 0. The highest BCUT2D eigenvalue weighted by atomic mass is 19.2. The Morgan fingerprint density at radius 2 is 1.47 bits per heavy atom. The highest BCUT2D eigenvalue weighted by molar-refractivity contribution is 5.52. The van der Waals surface area contributed by atoms with Crippen LogP contribution in [0.25, 0.3) is 6.08 Å². The van der Waals surface area contributed by atoms with Crippen molar-refractivity contribution in [3.63, 3.8) is 0 Å². The van der Waals surface area contributed by atoms with Crippen LogP contribution in [0.1, 0.15) is 109 Å². The van der Waals surface area contributed by atoms with E-state index in [-0.39, 0.29) is 5.75 Å². The summed E-state index contributed by atoms with van der Waals surface area (Å²) in [6.45, 7) is 4.75. The molecule has 3 rings (SSSR count). The zero-order valence-electron chi connectivity index (χ0n) is 20.4. The Balaban J connectivity index is 1.43. The quantitative estimate of drug-likeness (QED) is 0.308. The monoisotopic (exact) mass is 446 g/mol. The predicted octanol–water partition coefficient (Wildman–Crippen LogP) is 9.35. The second-order valence-corrected chi connectivity index (χ2v) is 10.3. The highest BCUT2D eigenvalue weighted by Gasteiger charge is 2.30. The number of hydrogen-bond donors (Lipinski definition) is 0. The molecule has 2 fully saturated rings. The standard InChI is InChI=1S/C29H44F2O/c1-3-5-7-8-22-9-14-24(15-10-22)25-16-11-23(12-17-25)13-18-26-19-20-27(29(31)28(26)30)32-21-6-4-2/h13,18-20,22-25H,3-12,14-17,21H2,1-2H3. The first-order chi connectivity index (χ1) is 15.6. The molecule has 0 N–H and O–H groups in total. The van der Waals surface area contributed by atoms with Crippen molar-refractivity contribution in [2.75, 3.05) is 6.61 Å². The second kappa shape index (κ2) is 13.4. The van der Waals surface area contributed by atoms with Gasteiger partial charge in [-0.3, -0.25) is 0 Å². The highest BCUT2D eigenvalue weighted by Crippen LogP contribution is 2.42. The summed E-state index contributed by atoms with van der Waals surface area (Å²) in [5.74, 6) is 1.64. The third-order valence-corrected chi connectivity index (χ3v) is 7.97. The number of unbranched alkanes of at least 4 members (excludes halogenated alkanes) is 3. The number of hydrogen-bond acceptors (Lipinski definition) is 1. The lowest BCUT2D eigenvalue weighted by molar-refractivity contribution is 0.151. The van der Waals surface area contributed by atoms with Crippen molar-refractivity contribution in [1.29, 1.82) is 0 Å². The molecule has 32 heavy (non-hydrogen) atoms. The lowest BCUT2D eigenvalue weighted by Crippen LogP contribution is -2.25. The van der Waals surface area contributed by atoms with Gasteiger partial charge in [-0.25, -0.2) is 4.39 Å². The summed E-state index contributed by atoms with van der Waals surface area (Å²) in [5.41, 5.74) is 0.328. The maximum Gasteiger partial charge on any atom is 0.201 e. The van der Waals surface area contributed by atoms with Crippen molar-refractivity contribution in [1.82, 2.24) is 0 Å². The molecule has 0 aliphatic heterocycles. The van der Waals surface area contributed by atoms with Crippen molar-refractivity contribution in [2.24, 2.45) is 23.7 Å². The first-order valence-corrected chi connectivity index (χ1v) is 13.4. The molecule has 0 radical (unpaired) electrons. The molecular formula is C29H44F2O. The number of ether oxygens (including phenoxy) is 1. The predicted molar refractivity (Wildman–Crippen MR) is 131 cm³/mol. The van der Waals surface area contributed by atoms with Gasteiger partial charge in [0.25, 0.3) is 0 Å². The van der Waals surface area contributed by atoms with Crippen LogP contribution in [0.15, 0.2) is 18.2 Å². The Labute approximate surface area is 195 Å². The van der Waals surface area contributed by atoms with Gasteiger partial charge in [0.15, 0.2) is 11.6 Å². The molecule has 0 atom stereocenters. The fourth-order valence-corrected chi connectivity index (χ4v) is 5.79. The van der Waals surface area contributed by atoms with Crippen LogP contribution < -0.4 is 4.74 Å². The van der Waals surface area contributed by atoms with Crippen molar-refractivity contribution in [3.05, 3.63) is 35.4 Å². The molecule has 1 nitrogen and oxygen atoms in total. The first kappa shape index (κ1) is 25.2. The van der Waals surface area contributed by atoms with E-state index in [0.717, 1.165) is 30.6 Å². The fraction of sp³-hybridized carbons (Fsp3) is 0.724. The summed E-state index contributed by atoms with van der Waals surface area (Å²) < 4.78 is 34.1. The van der Waals surface area contributed by atoms with Crippen molar-refractivity contribution in [2.45, 2.75) is 104 Å². The third kappa shape index (κ3) is 7.32. The van der Waals surface area contributed by atoms with Crippen LogP contribution in [0, 0.1) is 35.3 Å². The summed E-state index contributed by atoms with van der Waals surface area (Å²) in [4.78, 5) is 0. The van der Waals surface area contributed by atoms with E-state index in [1.165, 1.54) is 77.0 Å². The van der Waals surface area contributed by atoms with Crippen molar-refractivity contribution in [3.8, 4) is 5.75 Å². The van der Waals surface area contributed by atoms with Crippen LogP contribution in [-0.4, -0.2) is 6.61 Å². The molecule has 0 heterocycles. The largest absolute Gasteiger partial charge is 0.490 e. The SMILES string of the molecule is CCCCCC1CCC(C2CCC(C=Cc3ccc(OCCCC)c(F)c3F)CC2)CC1. The molecule has 2 aliphatic carbocycles. The van der Waals surface area contributed by atoms with Gasteiger partial charge in [0, 0.05) is 5.56 Å². The Morgan fingerprint density at radius 3 is 2.12 bits per heavy atom. The van der Waals surface area contributed by atoms with Crippen LogP contribution in [-0.2, 0) is 0 Å². The van der Waals surface area contributed by atoms with Crippen molar-refractivity contribution < 1.29 is 13.5 Å². The first-order valence-electron chi connectivity index (χ1n) is 13.4. The van der Waals surface area contributed by atoms with Crippen LogP contribution in [0.3, 0.4) is 0 Å². The van der Waals surface area contributed by atoms with Gasteiger partial charge >= 0.3 is 0 Å². The Hall–Kier alpha value is -1.38. The summed E-state index contributed by atoms with van der Waals surface area (Å²) in [6, 6.07) is 3.20. The van der Waals surface area contributed by atoms with E-state index in [1.807, 2.05) is 6.92 Å². The van der Waals surface area contributed by atoms with Crippen LogP contribution >= 0.6 is 0 Å². The third-order valence-electron chi connectivity index (χ3n) is 7.97. The molecule has 0 aromatic heterocycles. The Bertz CT molecular complexity index is 697. The normalized spacial score (nSPS) is 26.5. The minimum Gasteiger partial charge on any atom is -0.490 e. The number of halogens is 2. The van der Waals surface area contributed by atoms with Gasteiger partial charge < -0.3 is 4.74 Å². The van der Waals surface area contributed by atoms with E-state index >= 15 is 0 Å². The number of benzene rings is 1. The molecule has 0 amide bonds. The van der Waals surface area contributed by atoms with Gasteiger partial charge in [0.1, 0.15) is 0 Å². The molecule has 0 saturated heterocycles. The molecule has 1 aromatic rings. The minimum absolute atomic E-state index is 0.0219. The van der Waals surface area contributed by atoms with Gasteiger partial charge in [-0.15, -0.1) is 0 Å². The number of allylic oxidation sites excluding steroid dienone is 1.